The van der Waals surface area contributed by atoms with Gasteiger partial charge in [-0.3, -0.25) is 4.79 Å². The summed E-state index contributed by atoms with van der Waals surface area (Å²) >= 11 is 0. The fraction of sp³-hybridized carbons (Fsp3) is 0.588. The van der Waals surface area contributed by atoms with Crippen molar-refractivity contribution in [3.8, 4) is 5.75 Å². The summed E-state index contributed by atoms with van der Waals surface area (Å²) in [5.41, 5.74) is 1.08. The van der Waals surface area contributed by atoms with Crippen molar-refractivity contribution in [1.29, 1.82) is 0 Å². The molecule has 0 aliphatic heterocycles. The number of carbonyl (C=O) groups excluding carboxylic acids is 1. The van der Waals surface area contributed by atoms with Crippen LogP contribution in [-0.4, -0.2) is 11.9 Å². The number of hydrogen-bond acceptors (Lipinski definition) is 2. The molecule has 0 amide bonds. The molecule has 2 nitrogen and oxygen atoms in total. The van der Waals surface area contributed by atoms with E-state index in [-0.39, 0.29) is 16.9 Å². The molecule has 19 heavy (non-hydrogen) atoms. The molecule has 2 atom stereocenters. The Balaban J connectivity index is 2.15. The van der Waals surface area contributed by atoms with Crippen molar-refractivity contribution >= 4 is 5.78 Å². The average molecular weight is 260 g/mol. The molecular weight excluding hydrogens is 236 g/mol. The molecule has 0 bridgehead atoms. The standard InChI is InChI=1S/C17H24O2/c1-6-17(5)14(18)11-15(17)19-13-9-7-8-12(10-13)16(2,3)4/h7-10,15H,6,11H2,1-5H3. The second kappa shape index (κ2) is 4.66. The Kier molecular flexibility index (Phi) is 3.46. The maximum absolute atomic E-state index is 11.7. The monoisotopic (exact) mass is 260 g/mol. The van der Waals surface area contributed by atoms with Crippen molar-refractivity contribution in [2.75, 3.05) is 0 Å². The second-order valence-electron chi connectivity index (χ2n) is 6.78. The van der Waals surface area contributed by atoms with Gasteiger partial charge in [0.1, 0.15) is 17.6 Å². The zero-order chi connectivity index (χ0) is 14.3. The van der Waals surface area contributed by atoms with Gasteiger partial charge in [0.15, 0.2) is 0 Å². The van der Waals surface area contributed by atoms with Gasteiger partial charge in [0, 0.05) is 6.42 Å². The summed E-state index contributed by atoms with van der Waals surface area (Å²) in [7, 11) is 0. The normalized spacial score (nSPS) is 27.0. The van der Waals surface area contributed by atoms with Crippen LogP contribution in [0, 0.1) is 5.41 Å². The summed E-state index contributed by atoms with van der Waals surface area (Å²) in [5.74, 6) is 1.21. The van der Waals surface area contributed by atoms with Crippen LogP contribution < -0.4 is 4.74 Å². The Labute approximate surface area is 116 Å². The molecule has 0 radical (unpaired) electrons. The molecule has 0 saturated heterocycles. The van der Waals surface area contributed by atoms with Gasteiger partial charge in [0.25, 0.3) is 0 Å². The molecular formula is C17H24O2. The van der Waals surface area contributed by atoms with Crippen LogP contribution in [0.25, 0.3) is 0 Å². The van der Waals surface area contributed by atoms with E-state index in [9.17, 15) is 4.79 Å². The minimum absolute atomic E-state index is 0.0280. The van der Waals surface area contributed by atoms with E-state index in [0.717, 1.165) is 12.2 Å². The number of rotatable bonds is 3. The maximum atomic E-state index is 11.7. The van der Waals surface area contributed by atoms with Gasteiger partial charge in [-0.2, -0.15) is 0 Å². The van der Waals surface area contributed by atoms with Crippen LogP contribution in [-0.2, 0) is 10.2 Å². The van der Waals surface area contributed by atoms with E-state index in [0.29, 0.717) is 12.2 Å². The van der Waals surface area contributed by atoms with Crippen LogP contribution in [0.2, 0.25) is 0 Å². The van der Waals surface area contributed by atoms with Crippen LogP contribution in [0.3, 0.4) is 0 Å². The maximum Gasteiger partial charge on any atom is 0.146 e. The van der Waals surface area contributed by atoms with Crippen LogP contribution in [0.1, 0.15) is 53.0 Å². The SMILES string of the molecule is CCC1(C)C(=O)CC1Oc1cccc(C(C)(C)C)c1. The Hall–Kier alpha value is -1.31. The van der Waals surface area contributed by atoms with Crippen molar-refractivity contribution in [2.45, 2.75) is 59.0 Å². The molecule has 1 aliphatic rings. The lowest BCUT2D eigenvalue weighted by molar-refractivity contribution is -0.150. The Morgan fingerprint density at radius 2 is 2.05 bits per heavy atom. The number of benzene rings is 1. The van der Waals surface area contributed by atoms with Crippen LogP contribution in [0.15, 0.2) is 24.3 Å². The van der Waals surface area contributed by atoms with Gasteiger partial charge in [-0.25, -0.2) is 0 Å². The Morgan fingerprint density at radius 3 is 2.58 bits per heavy atom. The molecule has 1 aromatic carbocycles. The second-order valence-corrected chi connectivity index (χ2v) is 6.78. The summed E-state index contributed by atoms with van der Waals surface area (Å²) in [6.07, 6.45) is 1.42. The zero-order valence-corrected chi connectivity index (χ0v) is 12.6. The van der Waals surface area contributed by atoms with E-state index in [1.54, 1.807) is 0 Å². The highest BCUT2D eigenvalue weighted by Crippen LogP contribution is 2.42. The van der Waals surface area contributed by atoms with Crippen molar-refractivity contribution < 1.29 is 9.53 Å². The molecule has 0 heterocycles. The largest absolute Gasteiger partial charge is 0.489 e. The van der Waals surface area contributed by atoms with Crippen LogP contribution in [0.4, 0.5) is 0 Å². The van der Waals surface area contributed by atoms with E-state index in [1.165, 1.54) is 5.56 Å². The summed E-state index contributed by atoms with van der Waals surface area (Å²) in [6, 6.07) is 8.23. The molecule has 1 aliphatic carbocycles. The fourth-order valence-corrected chi connectivity index (χ4v) is 2.47. The first-order chi connectivity index (χ1) is 8.77. The van der Waals surface area contributed by atoms with Gasteiger partial charge >= 0.3 is 0 Å². The van der Waals surface area contributed by atoms with Crippen LogP contribution >= 0.6 is 0 Å². The minimum Gasteiger partial charge on any atom is -0.489 e. The minimum atomic E-state index is -0.294. The highest BCUT2D eigenvalue weighted by atomic mass is 16.5. The number of carbonyl (C=O) groups is 1. The number of ketones is 1. The summed E-state index contributed by atoms with van der Waals surface area (Å²) in [6.45, 7) is 10.6. The lowest BCUT2D eigenvalue weighted by Gasteiger charge is -2.44. The molecule has 104 valence electrons. The molecule has 2 rings (SSSR count). The third kappa shape index (κ3) is 2.54. The number of hydrogen-bond donors (Lipinski definition) is 0. The van der Waals surface area contributed by atoms with E-state index in [1.807, 2.05) is 19.1 Å². The number of Topliss-reactive ketones (excluding diaryl/α,β-unsaturated/α-hetero) is 1. The molecule has 1 saturated carbocycles. The van der Waals surface area contributed by atoms with Gasteiger partial charge in [-0.1, -0.05) is 39.8 Å². The van der Waals surface area contributed by atoms with E-state index in [2.05, 4.69) is 39.8 Å². The Bertz CT molecular complexity index is 484. The zero-order valence-electron chi connectivity index (χ0n) is 12.6. The number of ether oxygens (including phenoxy) is 1. The van der Waals surface area contributed by atoms with Crippen molar-refractivity contribution in [3.63, 3.8) is 0 Å². The molecule has 2 heteroatoms. The van der Waals surface area contributed by atoms with Gasteiger partial charge in [0.2, 0.25) is 0 Å². The molecule has 2 unspecified atom stereocenters. The molecule has 1 fully saturated rings. The first-order valence-electron chi connectivity index (χ1n) is 7.08. The van der Waals surface area contributed by atoms with E-state index in [4.69, 9.17) is 4.74 Å². The predicted octanol–water partition coefficient (Wildman–Crippen LogP) is 4.12. The third-order valence-corrected chi connectivity index (χ3v) is 4.43. The van der Waals surface area contributed by atoms with Gasteiger partial charge in [-0.05, 0) is 36.5 Å². The topological polar surface area (TPSA) is 26.3 Å². The van der Waals surface area contributed by atoms with Crippen molar-refractivity contribution in [2.24, 2.45) is 5.41 Å². The Morgan fingerprint density at radius 1 is 1.37 bits per heavy atom. The highest BCUT2D eigenvalue weighted by Gasteiger charge is 2.51. The molecule has 0 spiro atoms. The van der Waals surface area contributed by atoms with Crippen molar-refractivity contribution in [3.05, 3.63) is 29.8 Å². The summed E-state index contributed by atoms with van der Waals surface area (Å²) in [5, 5.41) is 0. The van der Waals surface area contributed by atoms with Gasteiger partial charge in [-0.15, -0.1) is 0 Å². The smallest absolute Gasteiger partial charge is 0.146 e. The highest BCUT2D eigenvalue weighted by molar-refractivity contribution is 5.92. The average Bonchev–Trinajstić information content (AvgIpc) is 2.36. The van der Waals surface area contributed by atoms with E-state index < -0.39 is 0 Å². The molecule has 0 aromatic heterocycles. The van der Waals surface area contributed by atoms with Gasteiger partial charge < -0.3 is 4.74 Å². The first kappa shape index (κ1) is 14.1. The van der Waals surface area contributed by atoms with Gasteiger partial charge in [0.05, 0.1) is 5.41 Å². The first-order valence-corrected chi connectivity index (χ1v) is 7.08. The molecule has 0 N–H and O–H groups in total. The van der Waals surface area contributed by atoms with E-state index >= 15 is 0 Å². The lowest BCUT2D eigenvalue weighted by Crippen LogP contribution is -2.54. The third-order valence-electron chi connectivity index (χ3n) is 4.43. The van der Waals surface area contributed by atoms with Crippen molar-refractivity contribution in [1.82, 2.24) is 0 Å². The predicted molar refractivity (Wildman–Crippen MR) is 77.6 cm³/mol. The fourth-order valence-electron chi connectivity index (χ4n) is 2.47. The van der Waals surface area contributed by atoms with Crippen LogP contribution in [0.5, 0.6) is 5.75 Å². The quantitative estimate of drug-likeness (QED) is 0.817. The summed E-state index contributed by atoms with van der Waals surface area (Å²) < 4.78 is 6.04. The summed E-state index contributed by atoms with van der Waals surface area (Å²) in [4.78, 5) is 11.7. The lowest BCUT2D eigenvalue weighted by atomic mass is 9.64. The molecule has 1 aromatic rings.